The predicted octanol–water partition coefficient (Wildman–Crippen LogP) is 4.65. The predicted molar refractivity (Wildman–Crippen MR) is 111 cm³/mol. The molecule has 0 aliphatic heterocycles. The zero-order valence-corrected chi connectivity index (χ0v) is 18.4. The molecule has 35 heavy (non-hydrogen) atoms. The maximum absolute atomic E-state index is 13.2. The minimum Gasteiger partial charge on any atom is -0.406 e. The molecule has 0 aliphatic rings. The Bertz CT molecular complexity index is 1150. The van der Waals surface area contributed by atoms with E-state index in [0.717, 1.165) is 18.3 Å². The molecule has 0 aliphatic carbocycles. The molecule has 0 unspecified atom stereocenters. The first-order valence-electron chi connectivity index (χ1n) is 10.1. The van der Waals surface area contributed by atoms with Crippen molar-refractivity contribution in [1.29, 1.82) is 0 Å². The van der Waals surface area contributed by atoms with Gasteiger partial charge in [-0.2, -0.15) is 18.3 Å². The molecule has 3 rings (SSSR count). The smallest absolute Gasteiger partial charge is 0.406 e. The van der Waals surface area contributed by atoms with Crippen LogP contribution in [0.4, 0.5) is 26.3 Å². The molecule has 7 nitrogen and oxygen atoms in total. The van der Waals surface area contributed by atoms with Crippen LogP contribution in [0.2, 0.25) is 0 Å². The lowest BCUT2D eigenvalue weighted by molar-refractivity contribution is -0.274. The molecule has 1 amide bonds. The van der Waals surface area contributed by atoms with Crippen LogP contribution in [0.3, 0.4) is 0 Å². The number of carbonyl (C=O) groups excluding carboxylic acids is 1. The van der Waals surface area contributed by atoms with E-state index in [-0.39, 0.29) is 16.8 Å². The Morgan fingerprint density at radius 3 is 2.26 bits per heavy atom. The molecule has 0 radical (unpaired) electrons. The summed E-state index contributed by atoms with van der Waals surface area (Å²) in [6.45, 7) is 1.09. The fourth-order valence-corrected chi connectivity index (χ4v) is 3.35. The Morgan fingerprint density at radius 1 is 1.09 bits per heavy atom. The second-order valence-electron chi connectivity index (χ2n) is 8.07. The molecule has 2 N–H and O–H groups in total. The number of rotatable bonds is 7. The molecule has 188 valence electrons. The van der Waals surface area contributed by atoms with E-state index in [2.05, 4.69) is 20.1 Å². The summed E-state index contributed by atoms with van der Waals surface area (Å²) < 4.78 is 81.0. The van der Waals surface area contributed by atoms with Gasteiger partial charge in [-0.05, 0) is 43.7 Å². The number of hydrogen-bond acceptors (Lipinski definition) is 5. The molecular formula is C22H20F6N4O3. The normalized spacial score (nSPS) is 13.4. The molecular weight excluding hydrogens is 482 g/mol. The van der Waals surface area contributed by atoms with Gasteiger partial charge in [-0.3, -0.25) is 14.5 Å². The van der Waals surface area contributed by atoms with Gasteiger partial charge in [0.2, 0.25) is 0 Å². The van der Waals surface area contributed by atoms with E-state index in [1.165, 1.54) is 38.2 Å². The average Bonchev–Trinajstić information content (AvgIpc) is 3.13. The van der Waals surface area contributed by atoms with Crippen molar-refractivity contribution in [2.45, 2.75) is 44.6 Å². The Morgan fingerprint density at radius 2 is 1.74 bits per heavy atom. The third-order valence-electron chi connectivity index (χ3n) is 4.75. The van der Waals surface area contributed by atoms with Crippen LogP contribution in [0.25, 0.3) is 11.3 Å². The van der Waals surface area contributed by atoms with Gasteiger partial charge in [0.15, 0.2) is 0 Å². The number of carbonyl (C=O) groups is 1. The van der Waals surface area contributed by atoms with Crippen LogP contribution < -0.4 is 10.1 Å². The SMILES string of the molecule is CC(C)(O)[C@@H](NC(=O)c1c(-c2ccccn2)cnn1CC(F)(F)F)c1ccc(OC(F)(F)F)cc1. The monoisotopic (exact) mass is 502 g/mol. The average molecular weight is 502 g/mol. The van der Waals surface area contributed by atoms with Crippen molar-refractivity contribution in [3.05, 3.63) is 66.1 Å². The summed E-state index contributed by atoms with van der Waals surface area (Å²) in [4.78, 5) is 17.3. The standard InChI is InChI=1S/C22H20F6N4O3/c1-20(2,34)18(13-6-8-14(9-7-13)35-22(26,27)28)31-19(33)17-15(16-5-3-4-10-29-16)11-30-32(17)12-21(23,24)25/h3-11,18,34H,12H2,1-2H3,(H,31,33)/t18-/m0/s1. The highest BCUT2D eigenvalue weighted by molar-refractivity contribution is 5.99. The Balaban J connectivity index is 1.98. The summed E-state index contributed by atoms with van der Waals surface area (Å²) >= 11 is 0. The van der Waals surface area contributed by atoms with Crippen LogP contribution in [0, 0.1) is 0 Å². The number of halogens is 6. The summed E-state index contributed by atoms with van der Waals surface area (Å²) in [6.07, 6.45) is -7.13. The van der Waals surface area contributed by atoms with Crippen LogP contribution >= 0.6 is 0 Å². The number of aliphatic hydroxyl groups is 1. The van der Waals surface area contributed by atoms with E-state index in [4.69, 9.17) is 0 Å². The lowest BCUT2D eigenvalue weighted by Gasteiger charge is -2.31. The quantitative estimate of drug-likeness (QED) is 0.460. The van der Waals surface area contributed by atoms with Gasteiger partial charge in [0.05, 0.1) is 29.1 Å². The van der Waals surface area contributed by atoms with Crippen molar-refractivity contribution in [3.8, 4) is 17.0 Å². The number of hydrogen-bond donors (Lipinski definition) is 2. The van der Waals surface area contributed by atoms with Gasteiger partial charge < -0.3 is 15.2 Å². The highest BCUT2D eigenvalue weighted by Gasteiger charge is 2.36. The first-order valence-corrected chi connectivity index (χ1v) is 10.1. The molecule has 2 aromatic heterocycles. The van der Waals surface area contributed by atoms with Crippen LogP contribution in [-0.4, -0.2) is 43.9 Å². The largest absolute Gasteiger partial charge is 0.573 e. The van der Waals surface area contributed by atoms with E-state index in [9.17, 15) is 36.2 Å². The van der Waals surface area contributed by atoms with Crippen LogP contribution in [0.15, 0.2) is 54.9 Å². The minimum atomic E-state index is -4.91. The van der Waals surface area contributed by atoms with Crippen molar-refractivity contribution in [2.75, 3.05) is 0 Å². The Kier molecular flexibility index (Phi) is 7.11. The number of aromatic nitrogens is 3. The molecule has 0 saturated carbocycles. The molecule has 0 fully saturated rings. The van der Waals surface area contributed by atoms with E-state index in [1.807, 2.05) is 0 Å². The summed E-state index contributed by atoms with van der Waals surface area (Å²) in [5.41, 5.74) is -1.72. The first kappa shape index (κ1) is 26.0. The zero-order chi connectivity index (χ0) is 26.0. The van der Waals surface area contributed by atoms with Gasteiger partial charge in [0.25, 0.3) is 5.91 Å². The zero-order valence-electron chi connectivity index (χ0n) is 18.4. The number of benzene rings is 1. The Labute approximate surface area is 195 Å². The number of nitrogens with one attached hydrogen (secondary N) is 1. The first-order chi connectivity index (χ1) is 16.1. The lowest BCUT2D eigenvalue weighted by atomic mass is 9.91. The maximum atomic E-state index is 13.2. The summed E-state index contributed by atoms with van der Waals surface area (Å²) in [7, 11) is 0. The molecule has 0 saturated heterocycles. The topological polar surface area (TPSA) is 89.3 Å². The molecule has 3 aromatic rings. The van der Waals surface area contributed by atoms with Gasteiger partial charge in [-0.25, -0.2) is 0 Å². The summed E-state index contributed by atoms with van der Waals surface area (Å²) in [5, 5.41) is 16.8. The minimum absolute atomic E-state index is 0.0239. The fourth-order valence-electron chi connectivity index (χ4n) is 3.35. The second-order valence-corrected chi connectivity index (χ2v) is 8.07. The molecule has 1 atom stereocenters. The maximum Gasteiger partial charge on any atom is 0.573 e. The van der Waals surface area contributed by atoms with Crippen LogP contribution in [0.1, 0.15) is 35.9 Å². The van der Waals surface area contributed by atoms with Gasteiger partial charge >= 0.3 is 12.5 Å². The van der Waals surface area contributed by atoms with E-state index >= 15 is 0 Å². The number of ether oxygens (including phenoxy) is 1. The highest BCUT2D eigenvalue weighted by atomic mass is 19.4. The molecule has 0 spiro atoms. The highest BCUT2D eigenvalue weighted by Crippen LogP contribution is 2.31. The second kappa shape index (κ2) is 9.56. The molecule has 13 heteroatoms. The van der Waals surface area contributed by atoms with E-state index in [1.54, 1.807) is 12.1 Å². The lowest BCUT2D eigenvalue weighted by Crippen LogP contribution is -2.43. The van der Waals surface area contributed by atoms with Crippen molar-refractivity contribution in [3.63, 3.8) is 0 Å². The van der Waals surface area contributed by atoms with Crippen molar-refractivity contribution in [1.82, 2.24) is 20.1 Å². The number of amides is 1. The van der Waals surface area contributed by atoms with Gasteiger partial charge in [0, 0.05) is 6.20 Å². The number of nitrogens with zero attached hydrogens (tertiary/aromatic N) is 3. The third kappa shape index (κ3) is 6.94. The third-order valence-corrected chi connectivity index (χ3v) is 4.75. The molecule has 1 aromatic carbocycles. The molecule has 0 bridgehead atoms. The van der Waals surface area contributed by atoms with Gasteiger partial charge in [-0.1, -0.05) is 18.2 Å². The summed E-state index contributed by atoms with van der Waals surface area (Å²) in [5.74, 6) is -1.53. The van der Waals surface area contributed by atoms with Crippen LogP contribution in [-0.2, 0) is 6.54 Å². The molecule has 2 heterocycles. The number of pyridine rings is 1. The van der Waals surface area contributed by atoms with Crippen LogP contribution in [0.5, 0.6) is 5.75 Å². The Hall–Kier alpha value is -3.61. The summed E-state index contributed by atoms with van der Waals surface area (Å²) in [6, 6.07) is 7.78. The van der Waals surface area contributed by atoms with Gasteiger partial charge in [0.1, 0.15) is 18.0 Å². The van der Waals surface area contributed by atoms with E-state index < -0.39 is 48.1 Å². The van der Waals surface area contributed by atoms with Gasteiger partial charge in [-0.15, -0.1) is 13.2 Å². The number of alkyl halides is 6. The van der Waals surface area contributed by atoms with Crippen molar-refractivity contribution < 1.29 is 41.0 Å². The van der Waals surface area contributed by atoms with Crippen molar-refractivity contribution in [2.24, 2.45) is 0 Å². The fraction of sp³-hybridized carbons (Fsp3) is 0.318. The van der Waals surface area contributed by atoms with E-state index in [0.29, 0.717) is 4.68 Å². The van der Waals surface area contributed by atoms with Crippen molar-refractivity contribution >= 4 is 5.91 Å².